The number of carbonyl (C=O) groups is 1. The highest BCUT2D eigenvalue weighted by Gasteiger charge is 2.21. The Labute approximate surface area is 176 Å². The molecule has 3 aromatic rings. The van der Waals surface area contributed by atoms with Gasteiger partial charge in [-0.1, -0.05) is 42.5 Å². The summed E-state index contributed by atoms with van der Waals surface area (Å²) in [6, 6.07) is 18.1. The largest absolute Gasteiger partial charge is 0.325 e. The zero-order valence-electron chi connectivity index (χ0n) is 16.1. The first-order valence-electron chi connectivity index (χ1n) is 9.66. The molecule has 2 aromatic carbocycles. The average molecular weight is 413 g/mol. The lowest BCUT2D eigenvalue weighted by Crippen LogP contribution is -2.39. The van der Waals surface area contributed by atoms with Gasteiger partial charge in [-0.25, -0.2) is 0 Å². The summed E-state index contributed by atoms with van der Waals surface area (Å²) in [7, 11) is 0. The number of piperidine rings is 1. The average Bonchev–Trinajstić information content (AvgIpc) is 3.25. The van der Waals surface area contributed by atoms with Crippen molar-refractivity contribution in [3.8, 4) is 11.4 Å². The van der Waals surface area contributed by atoms with Gasteiger partial charge in [0.1, 0.15) is 0 Å². The summed E-state index contributed by atoms with van der Waals surface area (Å²) in [5, 5.41) is 16.9. The van der Waals surface area contributed by atoms with E-state index >= 15 is 0 Å². The molecule has 8 heteroatoms. The Balaban J connectivity index is 0.00000240. The molecule has 2 N–H and O–H groups in total. The maximum absolute atomic E-state index is 12.4. The van der Waals surface area contributed by atoms with E-state index in [2.05, 4.69) is 61.2 Å². The van der Waals surface area contributed by atoms with Crippen molar-refractivity contribution in [2.45, 2.75) is 19.3 Å². The van der Waals surface area contributed by atoms with Gasteiger partial charge in [-0.05, 0) is 61.2 Å². The van der Waals surface area contributed by atoms with Crippen LogP contribution < -0.4 is 5.32 Å². The van der Waals surface area contributed by atoms with Crippen molar-refractivity contribution in [1.29, 1.82) is 0 Å². The van der Waals surface area contributed by atoms with E-state index in [9.17, 15) is 4.79 Å². The van der Waals surface area contributed by atoms with Crippen LogP contribution in [0.4, 0.5) is 5.69 Å². The van der Waals surface area contributed by atoms with Crippen LogP contribution in [-0.4, -0.2) is 51.1 Å². The summed E-state index contributed by atoms with van der Waals surface area (Å²) in [6.45, 7) is 2.35. The molecule has 0 radical (unpaired) electrons. The van der Waals surface area contributed by atoms with E-state index < -0.39 is 0 Å². The first-order chi connectivity index (χ1) is 13.8. The maximum atomic E-state index is 12.4. The minimum absolute atomic E-state index is 0. The van der Waals surface area contributed by atoms with E-state index in [1.165, 1.54) is 5.56 Å². The third-order valence-electron chi connectivity index (χ3n) is 5.19. The van der Waals surface area contributed by atoms with Gasteiger partial charge in [-0.2, -0.15) is 5.21 Å². The fraction of sp³-hybridized carbons (Fsp3) is 0.333. The highest BCUT2D eigenvalue weighted by atomic mass is 35.5. The van der Waals surface area contributed by atoms with Gasteiger partial charge < -0.3 is 5.32 Å². The summed E-state index contributed by atoms with van der Waals surface area (Å²) in [5.74, 6) is 1.22. The molecule has 152 valence electrons. The van der Waals surface area contributed by atoms with Crippen molar-refractivity contribution in [2.75, 3.05) is 25.0 Å². The summed E-state index contributed by atoms with van der Waals surface area (Å²) in [4.78, 5) is 14.7. The molecule has 1 aliphatic rings. The second kappa shape index (κ2) is 10.1. The zero-order valence-corrected chi connectivity index (χ0v) is 16.9. The molecule has 7 nitrogen and oxygen atoms in total. The molecule has 1 amide bonds. The number of rotatable bonds is 6. The SMILES string of the molecule is Cl.O=C(CN1CCC(Cc2ccccc2)CC1)Nc1cccc(-c2nn[nH]n2)c1. The Morgan fingerprint density at radius 1 is 1.10 bits per heavy atom. The van der Waals surface area contributed by atoms with Crippen LogP contribution in [0, 0.1) is 5.92 Å². The molecule has 1 fully saturated rings. The van der Waals surface area contributed by atoms with Gasteiger partial charge in [0.25, 0.3) is 0 Å². The third-order valence-corrected chi connectivity index (χ3v) is 5.19. The minimum Gasteiger partial charge on any atom is -0.325 e. The van der Waals surface area contributed by atoms with Crippen molar-refractivity contribution in [3.63, 3.8) is 0 Å². The van der Waals surface area contributed by atoms with Crippen LogP contribution in [0.2, 0.25) is 0 Å². The Kier molecular flexibility index (Phi) is 7.32. The van der Waals surface area contributed by atoms with E-state index in [1.807, 2.05) is 24.3 Å². The molecule has 0 aliphatic carbocycles. The fourth-order valence-electron chi connectivity index (χ4n) is 3.72. The molecule has 0 bridgehead atoms. The Morgan fingerprint density at radius 2 is 1.90 bits per heavy atom. The molecule has 1 saturated heterocycles. The number of H-pyrrole nitrogens is 1. The normalized spacial score (nSPS) is 14.9. The van der Waals surface area contributed by atoms with E-state index in [1.54, 1.807) is 0 Å². The second-order valence-electron chi connectivity index (χ2n) is 7.27. The van der Waals surface area contributed by atoms with Gasteiger partial charge in [0.15, 0.2) is 0 Å². The van der Waals surface area contributed by atoms with Crippen LogP contribution >= 0.6 is 12.4 Å². The molecule has 0 saturated carbocycles. The van der Waals surface area contributed by atoms with Crippen molar-refractivity contribution in [2.24, 2.45) is 5.92 Å². The number of aromatic amines is 1. The highest BCUT2D eigenvalue weighted by molar-refractivity contribution is 5.92. The molecular formula is C21H25ClN6O. The molecule has 0 unspecified atom stereocenters. The Hall–Kier alpha value is -2.77. The standard InChI is InChI=1S/C21H24N6O.ClH/c28-20(22-19-8-4-7-18(14-19)21-23-25-26-24-21)15-27-11-9-17(10-12-27)13-16-5-2-1-3-6-16;/h1-8,14,17H,9-13,15H2,(H,22,28)(H,23,24,25,26);1H. The fourth-order valence-corrected chi connectivity index (χ4v) is 3.72. The van der Waals surface area contributed by atoms with Crippen molar-refractivity contribution >= 4 is 24.0 Å². The van der Waals surface area contributed by atoms with Crippen molar-refractivity contribution in [3.05, 3.63) is 60.2 Å². The van der Waals surface area contributed by atoms with Gasteiger partial charge in [0, 0.05) is 11.3 Å². The predicted octanol–water partition coefficient (Wildman–Crippen LogP) is 3.18. The van der Waals surface area contributed by atoms with Crippen LogP contribution in [0.3, 0.4) is 0 Å². The number of halogens is 1. The van der Waals surface area contributed by atoms with Gasteiger partial charge in [-0.15, -0.1) is 22.6 Å². The van der Waals surface area contributed by atoms with Crippen LogP contribution in [0.15, 0.2) is 54.6 Å². The number of nitrogens with one attached hydrogen (secondary N) is 2. The topological polar surface area (TPSA) is 86.8 Å². The molecular weight excluding hydrogens is 388 g/mol. The number of hydrogen-bond donors (Lipinski definition) is 2. The molecule has 1 aromatic heterocycles. The van der Waals surface area contributed by atoms with Crippen LogP contribution in [0.1, 0.15) is 18.4 Å². The number of amides is 1. The first kappa shape index (κ1) is 21.0. The summed E-state index contributed by atoms with van der Waals surface area (Å²) < 4.78 is 0. The van der Waals surface area contributed by atoms with Gasteiger partial charge >= 0.3 is 0 Å². The van der Waals surface area contributed by atoms with Gasteiger partial charge in [-0.3, -0.25) is 9.69 Å². The summed E-state index contributed by atoms with van der Waals surface area (Å²) in [6.07, 6.45) is 3.40. The minimum atomic E-state index is 0. The number of hydrogen-bond acceptors (Lipinski definition) is 5. The number of benzene rings is 2. The highest BCUT2D eigenvalue weighted by Crippen LogP contribution is 2.22. The second-order valence-corrected chi connectivity index (χ2v) is 7.27. The van der Waals surface area contributed by atoms with E-state index in [-0.39, 0.29) is 18.3 Å². The van der Waals surface area contributed by atoms with E-state index in [0.29, 0.717) is 18.3 Å². The Bertz CT molecular complexity index is 895. The van der Waals surface area contributed by atoms with Gasteiger partial charge in [0.2, 0.25) is 11.7 Å². The quantitative estimate of drug-likeness (QED) is 0.649. The van der Waals surface area contributed by atoms with Crippen LogP contribution in [0.5, 0.6) is 0 Å². The zero-order chi connectivity index (χ0) is 19.2. The third kappa shape index (κ3) is 5.85. The lowest BCUT2D eigenvalue weighted by molar-refractivity contribution is -0.117. The number of anilines is 1. The monoisotopic (exact) mass is 412 g/mol. The number of carbonyl (C=O) groups excluding carboxylic acids is 1. The van der Waals surface area contributed by atoms with E-state index in [0.717, 1.165) is 43.6 Å². The van der Waals surface area contributed by atoms with Crippen molar-refractivity contribution in [1.82, 2.24) is 25.5 Å². The first-order valence-corrected chi connectivity index (χ1v) is 9.66. The smallest absolute Gasteiger partial charge is 0.238 e. The van der Waals surface area contributed by atoms with Gasteiger partial charge in [0.05, 0.1) is 6.54 Å². The van der Waals surface area contributed by atoms with E-state index in [4.69, 9.17) is 0 Å². The van der Waals surface area contributed by atoms with Crippen LogP contribution in [0.25, 0.3) is 11.4 Å². The lowest BCUT2D eigenvalue weighted by atomic mass is 9.90. The van der Waals surface area contributed by atoms with Crippen LogP contribution in [-0.2, 0) is 11.2 Å². The number of tetrazole rings is 1. The molecule has 0 spiro atoms. The Morgan fingerprint density at radius 3 is 2.62 bits per heavy atom. The molecule has 4 rings (SSSR count). The molecule has 0 atom stereocenters. The molecule has 1 aliphatic heterocycles. The van der Waals surface area contributed by atoms with Crippen molar-refractivity contribution < 1.29 is 4.79 Å². The summed E-state index contributed by atoms with van der Waals surface area (Å²) in [5.41, 5.74) is 2.96. The number of aromatic nitrogens is 4. The molecule has 29 heavy (non-hydrogen) atoms. The molecule has 2 heterocycles. The lowest BCUT2D eigenvalue weighted by Gasteiger charge is -2.31. The summed E-state index contributed by atoms with van der Waals surface area (Å²) >= 11 is 0. The number of nitrogens with zero attached hydrogens (tertiary/aromatic N) is 4. The predicted molar refractivity (Wildman–Crippen MR) is 115 cm³/mol. The maximum Gasteiger partial charge on any atom is 0.238 e. The number of likely N-dealkylation sites (tertiary alicyclic amines) is 1.